The lowest BCUT2D eigenvalue weighted by molar-refractivity contribution is 0.363. The molecule has 0 amide bonds. The number of benzene rings is 16. The van der Waals surface area contributed by atoms with E-state index in [4.69, 9.17) is 0 Å². The zero-order chi connectivity index (χ0) is 75.7. The Morgan fingerprint density at radius 1 is 0.225 bits per heavy atom. The van der Waals surface area contributed by atoms with Crippen LogP contribution in [0.15, 0.2) is 316 Å². The number of rotatable bonds is 12. The Morgan fingerprint density at radius 2 is 0.477 bits per heavy atom. The quantitative estimate of drug-likeness (QED) is 0.0683. The standard InChI is InChI=1S/C99H56F10N2/c1-3-55-35-39-59(40-36-55)97(85-87(100)91(104)95(108)92(105)88(85)101)75-29-13-9-25-67(75)71-47-43-61(51-79(71)97)110(83-33-17-21-57-19-5-7-23-65(57)83)63-45-49-73-69-27-11-15-31-77(69)99(81(73)53-63)78-32-16-12-28-70(78)74-50-46-64(54-82(74)99)111(84-34-18-22-58-20-6-8-24-66(58)84)62-44-48-72-68-26-10-14-30-76(68)98(80(72)52-62,60-41-37-56(4-2)38-42-60)86-89(102)93(106)96(109)94(107)90(86)103/h3-54H,1-2H2. The average molecular weight is 1460 g/mol. The number of halogens is 10. The van der Waals surface area contributed by atoms with Gasteiger partial charge in [-0.3, -0.25) is 0 Å². The van der Waals surface area contributed by atoms with Crippen LogP contribution in [0.3, 0.4) is 0 Å². The molecule has 532 valence electrons. The molecule has 4 aliphatic carbocycles. The van der Waals surface area contributed by atoms with Crippen molar-refractivity contribution in [3.05, 3.63) is 453 Å². The predicted molar refractivity (Wildman–Crippen MR) is 421 cm³/mol. The summed E-state index contributed by atoms with van der Waals surface area (Å²) < 4.78 is 166. The Kier molecular flexibility index (Phi) is 14.9. The monoisotopic (exact) mass is 1460 g/mol. The zero-order valence-corrected chi connectivity index (χ0v) is 58.6. The summed E-state index contributed by atoms with van der Waals surface area (Å²) in [6.07, 6.45) is 3.20. The SMILES string of the molecule is C=Cc1ccc(C2(c3c(F)c(F)c(F)c(F)c3F)c3ccccc3-c3ccc(N(c4ccc5c(c4)C4(c6ccccc6-5)c5ccccc5-c5ccc(N(c6ccc7c(c6)C(c6ccc(C=C)cc6)(c6c(F)c(F)c(F)c(F)c6F)c6ccccc6-7)c6cccc7ccccc67)cc54)c4cccc5ccccc45)cc32)cc1. The molecule has 16 aromatic carbocycles. The summed E-state index contributed by atoms with van der Waals surface area (Å²) in [7, 11) is 0. The van der Waals surface area contributed by atoms with E-state index in [0.717, 1.165) is 66.1 Å². The van der Waals surface area contributed by atoms with Crippen LogP contribution in [-0.2, 0) is 16.2 Å². The first-order valence-corrected chi connectivity index (χ1v) is 36.2. The van der Waals surface area contributed by atoms with E-state index in [2.05, 4.69) is 71.5 Å². The van der Waals surface area contributed by atoms with Crippen molar-refractivity contribution >= 4 is 67.8 Å². The highest BCUT2D eigenvalue weighted by Crippen LogP contribution is 2.66. The van der Waals surface area contributed by atoms with Gasteiger partial charge in [0.1, 0.15) is 0 Å². The van der Waals surface area contributed by atoms with E-state index in [0.29, 0.717) is 78.6 Å². The largest absolute Gasteiger partial charge is 0.310 e. The van der Waals surface area contributed by atoms with E-state index in [1.807, 2.05) is 158 Å². The molecular weight excluding hydrogens is 1410 g/mol. The van der Waals surface area contributed by atoms with Crippen LogP contribution in [0.5, 0.6) is 0 Å². The molecule has 0 heterocycles. The molecule has 0 aromatic heterocycles. The molecule has 0 saturated carbocycles. The first-order chi connectivity index (χ1) is 54.1. The molecule has 0 saturated heterocycles. The Balaban J connectivity index is 0.843. The number of nitrogens with zero attached hydrogens (tertiary/aromatic N) is 2. The summed E-state index contributed by atoms with van der Waals surface area (Å²) in [5.74, 6) is -20.8. The van der Waals surface area contributed by atoms with Crippen molar-refractivity contribution < 1.29 is 43.9 Å². The highest BCUT2D eigenvalue weighted by molar-refractivity contribution is 6.04. The van der Waals surface area contributed by atoms with Crippen LogP contribution in [0.2, 0.25) is 0 Å². The zero-order valence-electron chi connectivity index (χ0n) is 58.6. The lowest BCUT2D eigenvalue weighted by Crippen LogP contribution is -2.33. The molecule has 20 rings (SSSR count). The molecule has 0 radical (unpaired) electrons. The van der Waals surface area contributed by atoms with Gasteiger partial charge in [0.15, 0.2) is 46.5 Å². The minimum absolute atomic E-state index is 0.235. The molecule has 0 bridgehead atoms. The minimum Gasteiger partial charge on any atom is -0.310 e. The molecule has 1 spiro atoms. The highest BCUT2D eigenvalue weighted by atomic mass is 19.2. The molecule has 0 N–H and O–H groups in total. The van der Waals surface area contributed by atoms with Crippen molar-refractivity contribution in [1.82, 2.24) is 0 Å². The van der Waals surface area contributed by atoms with Gasteiger partial charge >= 0.3 is 0 Å². The summed E-state index contributed by atoms with van der Waals surface area (Å²) in [5.41, 5.74) is 8.45. The predicted octanol–water partition coefficient (Wildman–Crippen LogP) is 26.7. The van der Waals surface area contributed by atoms with Crippen molar-refractivity contribution in [3.63, 3.8) is 0 Å². The van der Waals surface area contributed by atoms with E-state index in [-0.39, 0.29) is 22.3 Å². The van der Waals surface area contributed by atoms with E-state index < -0.39 is 85.5 Å². The molecule has 2 atom stereocenters. The third kappa shape index (κ3) is 9.04. The van der Waals surface area contributed by atoms with Crippen LogP contribution < -0.4 is 9.80 Å². The fourth-order valence-corrected chi connectivity index (χ4v) is 18.9. The van der Waals surface area contributed by atoms with Crippen LogP contribution in [-0.4, -0.2) is 0 Å². The lowest BCUT2D eigenvalue weighted by Gasteiger charge is -2.36. The Labute approximate surface area is 631 Å². The molecular formula is C99H56F10N2. The number of hydrogen-bond acceptors (Lipinski definition) is 2. The van der Waals surface area contributed by atoms with Crippen LogP contribution in [0.4, 0.5) is 78.0 Å². The molecule has 16 aromatic rings. The minimum atomic E-state index is -2.28. The maximum atomic E-state index is 17.5. The fraction of sp³-hybridized carbons (Fsp3) is 0.0303. The summed E-state index contributed by atoms with van der Waals surface area (Å²) in [6.45, 7) is 7.87. The normalized spacial score (nSPS) is 16.4. The second kappa shape index (κ2) is 24.7. The fourth-order valence-electron chi connectivity index (χ4n) is 18.9. The van der Waals surface area contributed by atoms with Gasteiger partial charge in [-0.05, 0) is 183 Å². The highest BCUT2D eigenvalue weighted by Gasteiger charge is 2.56. The second-order valence-corrected chi connectivity index (χ2v) is 28.6. The van der Waals surface area contributed by atoms with Gasteiger partial charge in [-0.25, -0.2) is 43.9 Å². The van der Waals surface area contributed by atoms with Gasteiger partial charge in [-0.2, -0.15) is 0 Å². The molecule has 12 heteroatoms. The topological polar surface area (TPSA) is 6.48 Å². The van der Waals surface area contributed by atoms with Crippen LogP contribution >= 0.6 is 0 Å². The van der Waals surface area contributed by atoms with Crippen molar-refractivity contribution in [1.29, 1.82) is 0 Å². The van der Waals surface area contributed by atoms with E-state index >= 15 is 43.9 Å². The number of hydrogen-bond donors (Lipinski definition) is 0. The summed E-state index contributed by atoms with van der Waals surface area (Å²) in [4.78, 5) is 4.17. The van der Waals surface area contributed by atoms with Crippen molar-refractivity contribution in [2.24, 2.45) is 0 Å². The van der Waals surface area contributed by atoms with Crippen molar-refractivity contribution in [2.45, 2.75) is 16.2 Å². The average Bonchev–Trinajstić information content (AvgIpc) is 1.48. The van der Waals surface area contributed by atoms with Gasteiger partial charge in [-0.15, -0.1) is 0 Å². The maximum absolute atomic E-state index is 17.5. The molecule has 0 aliphatic heterocycles. The smallest absolute Gasteiger partial charge is 0.200 e. The molecule has 0 fully saturated rings. The van der Waals surface area contributed by atoms with Crippen molar-refractivity contribution in [2.75, 3.05) is 9.80 Å². The Hall–Kier alpha value is -13.6. The first-order valence-electron chi connectivity index (χ1n) is 36.2. The lowest BCUT2D eigenvalue weighted by atomic mass is 9.67. The van der Waals surface area contributed by atoms with E-state index in [1.165, 1.54) is 0 Å². The third-order valence-electron chi connectivity index (χ3n) is 23.5. The van der Waals surface area contributed by atoms with Crippen LogP contribution in [0.25, 0.3) is 78.2 Å². The Morgan fingerprint density at radius 3 is 0.793 bits per heavy atom. The van der Waals surface area contributed by atoms with Gasteiger partial charge in [0.25, 0.3) is 0 Å². The van der Waals surface area contributed by atoms with Gasteiger partial charge < -0.3 is 9.80 Å². The molecule has 4 aliphatic rings. The van der Waals surface area contributed by atoms with Gasteiger partial charge in [0.2, 0.25) is 11.6 Å². The number of fused-ring (bicyclic) bond motifs is 18. The summed E-state index contributed by atoms with van der Waals surface area (Å²) >= 11 is 0. The molecule has 111 heavy (non-hydrogen) atoms. The summed E-state index contributed by atoms with van der Waals surface area (Å²) in [5, 5.41) is 3.43. The van der Waals surface area contributed by atoms with Gasteiger partial charge in [0, 0.05) is 44.6 Å². The second-order valence-electron chi connectivity index (χ2n) is 28.6. The maximum Gasteiger partial charge on any atom is 0.200 e. The van der Waals surface area contributed by atoms with Crippen LogP contribution in [0, 0.1) is 58.2 Å². The van der Waals surface area contributed by atoms with E-state index in [9.17, 15) is 0 Å². The first kappa shape index (κ1) is 66.8. The van der Waals surface area contributed by atoms with Gasteiger partial charge in [0.05, 0.1) is 27.6 Å². The van der Waals surface area contributed by atoms with Gasteiger partial charge in [-0.1, -0.05) is 268 Å². The Bertz CT molecular complexity index is 6270. The third-order valence-corrected chi connectivity index (χ3v) is 23.5. The number of anilines is 6. The van der Waals surface area contributed by atoms with E-state index in [1.54, 1.807) is 109 Å². The molecule has 2 unspecified atom stereocenters. The molecule has 2 nitrogen and oxygen atoms in total. The summed E-state index contributed by atoms with van der Waals surface area (Å²) in [6, 6.07) is 95.3. The van der Waals surface area contributed by atoms with Crippen molar-refractivity contribution in [3.8, 4) is 44.5 Å². The van der Waals surface area contributed by atoms with Crippen LogP contribution in [0.1, 0.15) is 77.9 Å².